The Morgan fingerprint density at radius 1 is 0.500 bits per heavy atom. The molecule has 5 heteroatoms. The second-order valence-corrected chi connectivity index (χ2v) is 15.5. The third kappa shape index (κ3) is 10.6. The monoisotopic (exact) mass is 807 g/mol. The third-order valence-corrected chi connectivity index (χ3v) is 11.0. The Hall–Kier alpha value is -7.60. The molecule has 0 aromatic heterocycles. The summed E-state index contributed by atoms with van der Waals surface area (Å²) in [6.45, 7) is 16.7. The van der Waals surface area contributed by atoms with Crippen molar-refractivity contribution >= 4 is 69.8 Å². The second-order valence-electron chi connectivity index (χ2n) is 15.5. The van der Waals surface area contributed by atoms with Crippen LogP contribution in [0, 0.1) is 24.8 Å². The first-order valence-corrected chi connectivity index (χ1v) is 21.6. The first kappa shape index (κ1) is 42.5. The van der Waals surface area contributed by atoms with Crippen molar-refractivity contribution in [2.45, 2.75) is 46.5 Å². The lowest BCUT2D eigenvalue weighted by Gasteiger charge is -2.28. The molecule has 0 amide bonds. The van der Waals surface area contributed by atoms with E-state index in [-0.39, 0.29) is 0 Å². The molecule has 0 aliphatic rings. The Labute approximate surface area is 368 Å². The number of nitriles is 1. The molecule has 5 nitrogen and oxygen atoms in total. The van der Waals surface area contributed by atoms with Crippen LogP contribution in [0.3, 0.4) is 0 Å². The van der Waals surface area contributed by atoms with Gasteiger partial charge in [0.25, 0.3) is 0 Å². The largest absolute Gasteiger partial charge is 0.372 e. The number of benzene rings is 7. The number of hydrogen-bond donors (Lipinski definition) is 0. The van der Waals surface area contributed by atoms with E-state index in [2.05, 4.69) is 180 Å². The molecule has 0 saturated heterocycles. The van der Waals surface area contributed by atoms with Crippen molar-refractivity contribution in [2.24, 2.45) is 0 Å². The SMILES string of the molecule is [C-]#[N+]c1cc(/C=C/c2ccc(N(c3ccccc3)c3ccc(N(CCCC)CCCC)cc3)cc2)c(C#N)cc1/C=C/c1ccc(N(c2ccccc2)c2ccc(C)cc2)cc1. The van der Waals surface area contributed by atoms with Crippen LogP contribution in [0.2, 0.25) is 0 Å². The van der Waals surface area contributed by atoms with E-state index in [1.54, 1.807) is 0 Å². The van der Waals surface area contributed by atoms with Gasteiger partial charge in [-0.25, -0.2) is 4.85 Å². The average molecular weight is 808 g/mol. The fourth-order valence-corrected chi connectivity index (χ4v) is 7.55. The van der Waals surface area contributed by atoms with Crippen LogP contribution < -0.4 is 14.7 Å². The van der Waals surface area contributed by atoms with Gasteiger partial charge in [0.1, 0.15) is 0 Å². The van der Waals surface area contributed by atoms with Gasteiger partial charge in [0, 0.05) is 52.9 Å². The lowest BCUT2D eigenvalue weighted by molar-refractivity contribution is 0.678. The summed E-state index contributed by atoms with van der Waals surface area (Å²) in [5.74, 6) is 0. The first-order chi connectivity index (χ1) is 30.5. The Balaban J connectivity index is 1.09. The van der Waals surface area contributed by atoms with Crippen LogP contribution >= 0.6 is 0 Å². The number of anilines is 7. The fourth-order valence-electron chi connectivity index (χ4n) is 7.55. The highest BCUT2D eigenvalue weighted by molar-refractivity contribution is 5.84. The van der Waals surface area contributed by atoms with E-state index < -0.39 is 0 Å². The fraction of sp³-hybridized carbons (Fsp3) is 0.158. The van der Waals surface area contributed by atoms with Crippen molar-refractivity contribution in [3.05, 3.63) is 215 Å². The highest BCUT2D eigenvalue weighted by Gasteiger charge is 2.15. The topological polar surface area (TPSA) is 37.9 Å². The van der Waals surface area contributed by atoms with Crippen molar-refractivity contribution in [1.29, 1.82) is 5.26 Å². The molecule has 0 saturated carbocycles. The quantitative estimate of drug-likeness (QED) is 0.0678. The van der Waals surface area contributed by atoms with Crippen molar-refractivity contribution in [3.63, 3.8) is 0 Å². The molecule has 0 atom stereocenters. The Morgan fingerprint density at radius 3 is 1.34 bits per heavy atom. The Bertz CT molecular complexity index is 2640. The van der Waals surface area contributed by atoms with Gasteiger partial charge in [-0.05, 0) is 139 Å². The van der Waals surface area contributed by atoms with E-state index >= 15 is 0 Å². The van der Waals surface area contributed by atoms with E-state index in [1.165, 1.54) is 36.9 Å². The molecular weight excluding hydrogens is 755 g/mol. The molecule has 306 valence electrons. The first-order valence-electron chi connectivity index (χ1n) is 21.6. The van der Waals surface area contributed by atoms with Gasteiger partial charge in [-0.3, -0.25) is 0 Å². The molecule has 0 aliphatic heterocycles. The highest BCUT2D eigenvalue weighted by Crippen LogP contribution is 2.37. The smallest absolute Gasteiger partial charge is 0.194 e. The molecule has 0 radical (unpaired) electrons. The zero-order valence-corrected chi connectivity index (χ0v) is 36.0. The number of unbranched alkanes of at least 4 members (excludes halogenated alkanes) is 2. The molecule has 7 aromatic carbocycles. The minimum Gasteiger partial charge on any atom is -0.372 e. The van der Waals surface area contributed by atoms with Gasteiger partial charge in [-0.1, -0.05) is 129 Å². The normalized spacial score (nSPS) is 11.0. The maximum absolute atomic E-state index is 10.2. The summed E-state index contributed by atoms with van der Waals surface area (Å²) < 4.78 is 0. The summed E-state index contributed by atoms with van der Waals surface area (Å²) in [6, 6.07) is 61.1. The van der Waals surface area contributed by atoms with Gasteiger partial charge >= 0.3 is 0 Å². The van der Waals surface area contributed by atoms with Crippen LogP contribution in [0.1, 0.15) is 72.9 Å². The summed E-state index contributed by atoms with van der Waals surface area (Å²) in [7, 11) is 0. The molecule has 0 aliphatic carbocycles. The maximum Gasteiger partial charge on any atom is 0.194 e. The van der Waals surface area contributed by atoms with Crippen LogP contribution in [0.25, 0.3) is 29.1 Å². The van der Waals surface area contributed by atoms with Crippen molar-refractivity contribution in [3.8, 4) is 6.07 Å². The molecule has 7 rings (SSSR count). The van der Waals surface area contributed by atoms with Crippen LogP contribution in [0.4, 0.5) is 45.5 Å². The molecule has 0 fully saturated rings. The number of hydrogen-bond acceptors (Lipinski definition) is 4. The molecular formula is C57H53N5. The molecule has 0 bridgehead atoms. The van der Waals surface area contributed by atoms with Crippen LogP contribution in [0.5, 0.6) is 0 Å². The molecule has 0 unspecified atom stereocenters. The minimum atomic E-state index is 0.491. The Kier molecular flexibility index (Phi) is 14.5. The predicted octanol–water partition coefficient (Wildman–Crippen LogP) is 16.1. The van der Waals surface area contributed by atoms with Gasteiger partial charge in [-0.2, -0.15) is 5.26 Å². The molecule has 62 heavy (non-hydrogen) atoms. The number of aryl methyl sites for hydroxylation is 1. The van der Waals surface area contributed by atoms with Crippen molar-refractivity contribution in [2.75, 3.05) is 27.8 Å². The van der Waals surface area contributed by atoms with Crippen LogP contribution in [0.15, 0.2) is 170 Å². The van der Waals surface area contributed by atoms with Gasteiger partial charge in [0.05, 0.1) is 18.2 Å². The average Bonchev–Trinajstić information content (AvgIpc) is 3.32. The molecule has 0 N–H and O–H groups in total. The number of nitrogens with zero attached hydrogens (tertiary/aromatic N) is 5. The molecule has 0 spiro atoms. The van der Waals surface area contributed by atoms with E-state index in [1.807, 2.05) is 60.7 Å². The Morgan fingerprint density at radius 2 is 0.903 bits per heavy atom. The van der Waals surface area contributed by atoms with Gasteiger partial charge in [-0.15, -0.1) is 0 Å². The summed E-state index contributed by atoms with van der Waals surface area (Å²) in [6.07, 6.45) is 12.6. The zero-order valence-electron chi connectivity index (χ0n) is 36.0. The van der Waals surface area contributed by atoms with Crippen molar-refractivity contribution in [1.82, 2.24) is 0 Å². The van der Waals surface area contributed by atoms with E-state index in [9.17, 15) is 5.26 Å². The van der Waals surface area contributed by atoms with Crippen LogP contribution in [-0.2, 0) is 0 Å². The second kappa shape index (κ2) is 21.1. The summed E-state index contributed by atoms with van der Waals surface area (Å²) in [5, 5.41) is 10.2. The highest BCUT2D eigenvalue weighted by atomic mass is 15.2. The van der Waals surface area contributed by atoms with E-state index in [0.717, 1.165) is 58.3 Å². The van der Waals surface area contributed by atoms with Gasteiger partial charge in [0.2, 0.25) is 0 Å². The number of rotatable bonds is 17. The van der Waals surface area contributed by atoms with E-state index in [0.29, 0.717) is 22.4 Å². The predicted molar refractivity (Wildman–Crippen MR) is 264 cm³/mol. The standard InChI is InChI=1S/C57H53N5/c1-5-7-39-60(40-8-6-2)50-35-37-56(38-36-50)62(52-17-13-10-14-18-52)55-31-23-45(24-32-55)21-27-47-42-57(59-4)48(41-49(47)43-58)28-22-46-25-33-54(34-26-46)61(51-15-11-9-12-16-51)53-29-19-44(3)20-30-53/h9-38,41-42H,5-8,39-40H2,1-3H3/b27-21+,28-22+. The lowest BCUT2D eigenvalue weighted by atomic mass is 10.0. The van der Waals surface area contributed by atoms with E-state index in [4.69, 9.17) is 6.57 Å². The summed E-state index contributed by atoms with van der Waals surface area (Å²) in [4.78, 5) is 10.9. The van der Waals surface area contributed by atoms with Crippen LogP contribution in [-0.4, -0.2) is 13.1 Å². The maximum atomic E-state index is 10.2. The molecule has 7 aromatic rings. The van der Waals surface area contributed by atoms with Gasteiger partial charge in [0.15, 0.2) is 5.69 Å². The minimum absolute atomic E-state index is 0.491. The lowest BCUT2D eigenvalue weighted by Crippen LogP contribution is -2.25. The summed E-state index contributed by atoms with van der Waals surface area (Å²) in [5.41, 5.74) is 13.3. The summed E-state index contributed by atoms with van der Waals surface area (Å²) >= 11 is 0. The zero-order chi connectivity index (χ0) is 43.1. The number of para-hydroxylation sites is 2. The third-order valence-electron chi connectivity index (χ3n) is 11.0. The van der Waals surface area contributed by atoms with Crippen molar-refractivity contribution < 1.29 is 0 Å². The molecule has 0 heterocycles. The van der Waals surface area contributed by atoms with Gasteiger partial charge < -0.3 is 14.7 Å².